The summed E-state index contributed by atoms with van der Waals surface area (Å²) in [6, 6.07) is 8.14. The van der Waals surface area contributed by atoms with Gasteiger partial charge in [0.25, 0.3) is 0 Å². The van der Waals surface area contributed by atoms with Gasteiger partial charge in [0.1, 0.15) is 11.6 Å². The predicted octanol–water partition coefficient (Wildman–Crippen LogP) is 3.14. The van der Waals surface area contributed by atoms with Crippen molar-refractivity contribution in [2.45, 2.75) is 19.3 Å². The molecule has 1 N–H and O–H groups in total. The molecule has 2 aromatic rings. The molecule has 112 valence electrons. The van der Waals surface area contributed by atoms with Crippen molar-refractivity contribution in [2.75, 3.05) is 38.6 Å². The predicted molar refractivity (Wildman–Crippen MR) is 87.1 cm³/mol. The first-order valence-corrected chi connectivity index (χ1v) is 7.76. The van der Waals surface area contributed by atoms with Gasteiger partial charge in [0.05, 0.1) is 7.11 Å². The van der Waals surface area contributed by atoms with Gasteiger partial charge < -0.3 is 15.0 Å². The first-order valence-electron chi connectivity index (χ1n) is 7.76. The Kier molecular flexibility index (Phi) is 4.55. The Morgan fingerprint density at radius 2 is 2.10 bits per heavy atom. The van der Waals surface area contributed by atoms with E-state index in [1.807, 2.05) is 24.4 Å². The standard InChI is InChI=1S/C17H23N3O/c1-21-15-6-5-14-7-9-19-17(16(14)13-15)18-8-4-12-20-10-2-3-11-20/h5-7,9,13H,2-4,8,10-12H2,1H3,(H,18,19). The highest BCUT2D eigenvalue weighted by Gasteiger charge is 2.10. The van der Waals surface area contributed by atoms with Gasteiger partial charge in [0.2, 0.25) is 0 Å². The van der Waals surface area contributed by atoms with Crippen LogP contribution in [0.4, 0.5) is 5.82 Å². The number of pyridine rings is 1. The molecule has 0 bridgehead atoms. The Morgan fingerprint density at radius 1 is 1.24 bits per heavy atom. The number of aromatic nitrogens is 1. The van der Waals surface area contributed by atoms with E-state index in [0.717, 1.165) is 29.9 Å². The van der Waals surface area contributed by atoms with E-state index in [1.165, 1.54) is 37.9 Å². The highest BCUT2D eigenvalue weighted by Crippen LogP contribution is 2.25. The first-order chi connectivity index (χ1) is 10.4. The van der Waals surface area contributed by atoms with Gasteiger partial charge >= 0.3 is 0 Å². The summed E-state index contributed by atoms with van der Waals surface area (Å²) in [5.41, 5.74) is 0. The SMILES string of the molecule is COc1ccc2ccnc(NCCCN3CCCC3)c2c1. The highest BCUT2D eigenvalue weighted by atomic mass is 16.5. The third-order valence-corrected chi connectivity index (χ3v) is 4.12. The van der Waals surface area contributed by atoms with Crippen molar-refractivity contribution in [1.29, 1.82) is 0 Å². The molecule has 21 heavy (non-hydrogen) atoms. The molecular formula is C17H23N3O. The summed E-state index contributed by atoms with van der Waals surface area (Å²) >= 11 is 0. The van der Waals surface area contributed by atoms with Crippen molar-refractivity contribution in [3.8, 4) is 5.75 Å². The number of ether oxygens (including phenoxy) is 1. The molecule has 1 aliphatic heterocycles. The van der Waals surface area contributed by atoms with Crippen molar-refractivity contribution in [3.05, 3.63) is 30.5 Å². The number of nitrogens with one attached hydrogen (secondary N) is 1. The van der Waals surface area contributed by atoms with E-state index in [9.17, 15) is 0 Å². The van der Waals surface area contributed by atoms with Gasteiger partial charge in [-0.05, 0) is 62.5 Å². The number of fused-ring (bicyclic) bond motifs is 1. The summed E-state index contributed by atoms with van der Waals surface area (Å²) < 4.78 is 5.31. The van der Waals surface area contributed by atoms with E-state index < -0.39 is 0 Å². The average Bonchev–Trinajstić information content (AvgIpc) is 3.04. The van der Waals surface area contributed by atoms with Crippen molar-refractivity contribution < 1.29 is 4.74 Å². The molecule has 4 nitrogen and oxygen atoms in total. The number of nitrogens with zero attached hydrogens (tertiary/aromatic N) is 2. The maximum atomic E-state index is 5.31. The Morgan fingerprint density at radius 3 is 2.90 bits per heavy atom. The highest BCUT2D eigenvalue weighted by molar-refractivity contribution is 5.92. The lowest BCUT2D eigenvalue weighted by molar-refractivity contribution is 0.337. The van der Waals surface area contributed by atoms with Crippen LogP contribution in [0.3, 0.4) is 0 Å². The van der Waals surface area contributed by atoms with Crippen LogP contribution in [0.1, 0.15) is 19.3 Å². The van der Waals surface area contributed by atoms with Crippen LogP contribution in [-0.2, 0) is 0 Å². The van der Waals surface area contributed by atoms with Gasteiger partial charge in [-0.3, -0.25) is 0 Å². The van der Waals surface area contributed by atoms with Crippen LogP contribution in [0.5, 0.6) is 5.75 Å². The number of rotatable bonds is 6. The largest absolute Gasteiger partial charge is 0.497 e. The lowest BCUT2D eigenvalue weighted by atomic mass is 10.1. The van der Waals surface area contributed by atoms with Crippen molar-refractivity contribution >= 4 is 16.6 Å². The topological polar surface area (TPSA) is 37.4 Å². The molecule has 0 amide bonds. The minimum absolute atomic E-state index is 0.871. The lowest BCUT2D eigenvalue weighted by Crippen LogP contribution is -2.22. The number of likely N-dealkylation sites (tertiary alicyclic amines) is 1. The van der Waals surface area contributed by atoms with Gasteiger partial charge in [-0.2, -0.15) is 0 Å². The first kappa shape index (κ1) is 14.1. The van der Waals surface area contributed by atoms with Crippen LogP contribution < -0.4 is 10.1 Å². The third kappa shape index (κ3) is 3.45. The van der Waals surface area contributed by atoms with Crippen LogP contribution in [0, 0.1) is 0 Å². The maximum Gasteiger partial charge on any atom is 0.133 e. The molecule has 4 heteroatoms. The zero-order chi connectivity index (χ0) is 14.5. The summed E-state index contributed by atoms with van der Waals surface area (Å²) in [4.78, 5) is 7.01. The molecule has 0 saturated carbocycles. The average molecular weight is 285 g/mol. The molecule has 0 radical (unpaired) electrons. The Bertz CT molecular complexity index is 594. The number of hydrogen-bond acceptors (Lipinski definition) is 4. The molecule has 0 aliphatic carbocycles. The summed E-state index contributed by atoms with van der Waals surface area (Å²) in [5.74, 6) is 1.82. The molecule has 2 heterocycles. The summed E-state index contributed by atoms with van der Waals surface area (Å²) in [7, 11) is 1.70. The van der Waals surface area contributed by atoms with Crippen molar-refractivity contribution in [2.24, 2.45) is 0 Å². The van der Waals surface area contributed by atoms with Gasteiger partial charge in [-0.25, -0.2) is 4.98 Å². The number of methoxy groups -OCH3 is 1. The molecule has 1 aromatic carbocycles. The van der Waals surface area contributed by atoms with Crippen molar-refractivity contribution in [1.82, 2.24) is 9.88 Å². The molecule has 3 rings (SSSR count). The Balaban J connectivity index is 1.62. The number of anilines is 1. The molecule has 1 saturated heterocycles. The van der Waals surface area contributed by atoms with Gasteiger partial charge in [0.15, 0.2) is 0 Å². The van der Waals surface area contributed by atoms with E-state index in [2.05, 4.69) is 21.3 Å². The van der Waals surface area contributed by atoms with Crippen LogP contribution >= 0.6 is 0 Å². The zero-order valence-corrected chi connectivity index (χ0v) is 12.6. The fourth-order valence-corrected chi connectivity index (χ4v) is 2.93. The fourth-order valence-electron chi connectivity index (χ4n) is 2.93. The second kappa shape index (κ2) is 6.76. The van der Waals surface area contributed by atoms with Gasteiger partial charge in [-0.1, -0.05) is 6.07 Å². The van der Waals surface area contributed by atoms with E-state index >= 15 is 0 Å². The molecule has 1 aromatic heterocycles. The Hall–Kier alpha value is -1.81. The monoisotopic (exact) mass is 285 g/mol. The van der Waals surface area contributed by atoms with E-state index in [-0.39, 0.29) is 0 Å². The summed E-state index contributed by atoms with van der Waals surface area (Å²) in [6.07, 6.45) is 5.73. The lowest BCUT2D eigenvalue weighted by Gasteiger charge is -2.15. The summed E-state index contributed by atoms with van der Waals surface area (Å²) in [5, 5.41) is 5.78. The van der Waals surface area contributed by atoms with Crippen LogP contribution in [0.25, 0.3) is 10.8 Å². The van der Waals surface area contributed by atoms with E-state index in [4.69, 9.17) is 4.74 Å². The maximum absolute atomic E-state index is 5.31. The van der Waals surface area contributed by atoms with Gasteiger partial charge in [-0.15, -0.1) is 0 Å². The molecule has 0 unspecified atom stereocenters. The molecule has 0 spiro atoms. The molecule has 1 fully saturated rings. The molecule has 1 aliphatic rings. The minimum atomic E-state index is 0.871. The molecular weight excluding hydrogens is 262 g/mol. The van der Waals surface area contributed by atoms with Crippen molar-refractivity contribution in [3.63, 3.8) is 0 Å². The van der Waals surface area contributed by atoms with Crippen LogP contribution in [0.2, 0.25) is 0 Å². The van der Waals surface area contributed by atoms with E-state index in [0.29, 0.717) is 0 Å². The quantitative estimate of drug-likeness (QED) is 0.827. The third-order valence-electron chi connectivity index (χ3n) is 4.12. The number of hydrogen-bond donors (Lipinski definition) is 1. The fraction of sp³-hybridized carbons (Fsp3) is 0.471. The normalized spacial score (nSPS) is 15.5. The number of benzene rings is 1. The zero-order valence-electron chi connectivity index (χ0n) is 12.6. The smallest absolute Gasteiger partial charge is 0.133 e. The minimum Gasteiger partial charge on any atom is -0.497 e. The van der Waals surface area contributed by atoms with E-state index in [1.54, 1.807) is 7.11 Å². The Labute approximate surface area is 126 Å². The second-order valence-electron chi connectivity index (χ2n) is 5.58. The molecule has 0 atom stereocenters. The second-order valence-corrected chi connectivity index (χ2v) is 5.58. The van der Waals surface area contributed by atoms with Crippen LogP contribution in [-0.4, -0.2) is 43.2 Å². The summed E-state index contributed by atoms with van der Waals surface area (Å²) in [6.45, 7) is 4.67. The van der Waals surface area contributed by atoms with Crippen LogP contribution in [0.15, 0.2) is 30.5 Å². The van der Waals surface area contributed by atoms with Gasteiger partial charge in [0, 0.05) is 18.1 Å².